The topological polar surface area (TPSA) is 63.2 Å². The van der Waals surface area contributed by atoms with Gasteiger partial charge in [0.1, 0.15) is 5.82 Å². The van der Waals surface area contributed by atoms with Gasteiger partial charge in [-0.2, -0.15) is 0 Å². The molecule has 1 amide bonds. The highest BCUT2D eigenvalue weighted by Crippen LogP contribution is 2.31. The molecule has 0 saturated heterocycles. The number of hydroxylamine groups is 1. The van der Waals surface area contributed by atoms with Crippen molar-refractivity contribution in [2.24, 2.45) is 0 Å². The van der Waals surface area contributed by atoms with Crippen molar-refractivity contribution in [1.82, 2.24) is 10.5 Å². The van der Waals surface area contributed by atoms with Gasteiger partial charge in [-0.25, -0.2) is 19.2 Å². The molecule has 8 heteroatoms. The number of anilines is 2. The first-order chi connectivity index (χ1) is 12.0. The fraction of sp³-hybridized carbons (Fsp3) is 0.333. The molecule has 2 N–H and O–H groups in total. The standard InChI is InChI=1S/C18H20ClF2N3O2/c1-9-6-10(2)16(22-8-9)23-15-11(7-12(19)13(20)14(15)21)17(25)24-26-18(3,4)5/h6-8H,1-5H3,(H,22,23)(H,24,25). The van der Waals surface area contributed by atoms with Crippen LogP contribution in [0.4, 0.5) is 20.3 Å². The van der Waals surface area contributed by atoms with Gasteiger partial charge in [-0.05, 0) is 51.8 Å². The number of halogens is 3. The lowest BCUT2D eigenvalue weighted by Gasteiger charge is -2.20. The Morgan fingerprint density at radius 3 is 2.42 bits per heavy atom. The lowest BCUT2D eigenvalue weighted by atomic mass is 10.1. The summed E-state index contributed by atoms with van der Waals surface area (Å²) in [5.74, 6) is -3.01. The maximum atomic E-state index is 14.5. The lowest BCUT2D eigenvalue weighted by Crippen LogP contribution is -2.34. The number of nitrogens with one attached hydrogen (secondary N) is 2. The third-order valence-corrected chi connectivity index (χ3v) is 3.59. The Morgan fingerprint density at radius 2 is 1.85 bits per heavy atom. The van der Waals surface area contributed by atoms with Crippen molar-refractivity contribution in [2.75, 3.05) is 5.32 Å². The number of nitrogens with zero attached hydrogens (tertiary/aromatic N) is 1. The highest BCUT2D eigenvalue weighted by molar-refractivity contribution is 6.31. The van der Waals surface area contributed by atoms with Gasteiger partial charge in [-0.3, -0.25) is 9.63 Å². The van der Waals surface area contributed by atoms with Crippen molar-refractivity contribution in [3.05, 3.63) is 51.7 Å². The summed E-state index contributed by atoms with van der Waals surface area (Å²) < 4.78 is 28.4. The SMILES string of the molecule is Cc1cnc(Nc2c(C(=O)NOC(C)(C)C)cc(Cl)c(F)c2F)c(C)c1. The van der Waals surface area contributed by atoms with E-state index in [4.69, 9.17) is 16.4 Å². The van der Waals surface area contributed by atoms with E-state index >= 15 is 0 Å². The molecule has 0 saturated carbocycles. The van der Waals surface area contributed by atoms with Crippen LogP contribution < -0.4 is 10.8 Å². The molecule has 0 radical (unpaired) electrons. The third-order valence-electron chi connectivity index (χ3n) is 3.32. The van der Waals surface area contributed by atoms with E-state index in [2.05, 4.69) is 15.8 Å². The molecule has 0 aliphatic heterocycles. The molecule has 2 rings (SSSR count). The summed E-state index contributed by atoms with van der Waals surface area (Å²) in [4.78, 5) is 21.8. The number of pyridine rings is 1. The van der Waals surface area contributed by atoms with E-state index in [0.29, 0.717) is 11.4 Å². The van der Waals surface area contributed by atoms with Gasteiger partial charge in [0.05, 0.1) is 21.9 Å². The summed E-state index contributed by atoms with van der Waals surface area (Å²) >= 11 is 5.70. The Kier molecular flexibility index (Phi) is 5.83. The molecule has 0 spiro atoms. The number of carbonyl (C=O) groups is 1. The third kappa shape index (κ3) is 4.68. The summed E-state index contributed by atoms with van der Waals surface area (Å²) in [6, 6.07) is 2.86. The van der Waals surface area contributed by atoms with Crippen molar-refractivity contribution >= 4 is 29.0 Å². The van der Waals surface area contributed by atoms with E-state index in [1.165, 1.54) is 0 Å². The van der Waals surface area contributed by atoms with Crippen LogP contribution in [0, 0.1) is 25.5 Å². The van der Waals surface area contributed by atoms with Crippen LogP contribution in [0.5, 0.6) is 0 Å². The minimum absolute atomic E-state index is 0.208. The van der Waals surface area contributed by atoms with E-state index in [9.17, 15) is 13.6 Å². The number of carbonyl (C=O) groups excluding carboxylic acids is 1. The van der Waals surface area contributed by atoms with E-state index in [1.54, 1.807) is 33.9 Å². The predicted octanol–water partition coefficient (Wildman–Crippen LogP) is 4.83. The fourth-order valence-corrected chi connectivity index (χ4v) is 2.31. The smallest absolute Gasteiger partial charge is 0.277 e. The van der Waals surface area contributed by atoms with Crippen LogP contribution in [-0.2, 0) is 4.84 Å². The number of aryl methyl sites for hydroxylation is 2. The predicted molar refractivity (Wildman–Crippen MR) is 96.7 cm³/mol. The molecule has 5 nitrogen and oxygen atoms in total. The highest BCUT2D eigenvalue weighted by atomic mass is 35.5. The molecule has 140 valence electrons. The van der Waals surface area contributed by atoms with Crippen molar-refractivity contribution < 1.29 is 18.4 Å². The monoisotopic (exact) mass is 383 g/mol. The number of hydrogen-bond acceptors (Lipinski definition) is 4. The zero-order chi connectivity index (χ0) is 19.6. The number of hydrogen-bond donors (Lipinski definition) is 2. The first-order valence-electron chi connectivity index (χ1n) is 7.85. The van der Waals surface area contributed by atoms with Gasteiger partial charge in [0.2, 0.25) is 0 Å². The van der Waals surface area contributed by atoms with Crippen molar-refractivity contribution in [1.29, 1.82) is 0 Å². The van der Waals surface area contributed by atoms with Gasteiger partial charge < -0.3 is 5.32 Å². The van der Waals surface area contributed by atoms with E-state index in [0.717, 1.165) is 11.6 Å². The molecule has 0 unspecified atom stereocenters. The Labute approximate surface area is 155 Å². The molecule has 2 aromatic rings. The van der Waals surface area contributed by atoms with Crippen LogP contribution in [0.2, 0.25) is 5.02 Å². The maximum absolute atomic E-state index is 14.5. The summed E-state index contributed by atoms with van der Waals surface area (Å²) in [6.07, 6.45) is 1.57. The molecular weight excluding hydrogens is 364 g/mol. The normalized spacial score (nSPS) is 11.4. The Morgan fingerprint density at radius 1 is 1.19 bits per heavy atom. The molecule has 1 aromatic carbocycles. The van der Waals surface area contributed by atoms with Gasteiger partial charge in [-0.1, -0.05) is 17.7 Å². The second-order valence-corrected chi connectivity index (χ2v) is 7.26. The highest BCUT2D eigenvalue weighted by Gasteiger charge is 2.24. The maximum Gasteiger partial charge on any atom is 0.277 e. The van der Waals surface area contributed by atoms with Crippen molar-refractivity contribution in [2.45, 2.75) is 40.2 Å². The van der Waals surface area contributed by atoms with Crippen LogP contribution in [0.3, 0.4) is 0 Å². The lowest BCUT2D eigenvalue weighted by molar-refractivity contribution is -0.0589. The van der Waals surface area contributed by atoms with Gasteiger partial charge in [-0.15, -0.1) is 0 Å². The van der Waals surface area contributed by atoms with Gasteiger partial charge >= 0.3 is 0 Å². The average molecular weight is 384 g/mol. The minimum Gasteiger partial charge on any atom is -0.337 e. The molecular formula is C18H20ClF2N3O2. The van der Waals surface area contributed by atoms with Crippen LogP contribution >= 0.6 is 11.6 Å². The number of rotatable bonds is 4. The number of benzene rings is 1. The quantitative estimate of drug-likeness (QED) is 0.586. The molecule has 0 aliphatic rings. The largest absolute Gasteiger partial charge is 0.337 e. The number of aromatic nitrogens is 1. The summed E-state index contributed by atoms with van der Waals surface area (Å²) in [5, 5.41) is 2.17. The summed E-state index contributed by atoms with van der Waals surface area (Å²) in [6.45, 7) is 8.79. The molecule has 0 bridgehead atoms. The zero-order valence-corrected chi connectivity index (χ0v) is 15.9. The van der Waals surface area contributed by atoms with E-state index < -0.39 is 28.2 Å². The fourth-order valence-electron chi connectivity index (χ4n) is 2.12. The molecule has 1 heterocycles. The molecule has 1 aromatic heterocycles. The zero-order valence-electron chi connectivity index (χ0n) is 15.1. The van der Waals surface area contributed by atoms with Gasteiger partial charge in [0.25, 0.3) is 5.91 Å². The minimum atomic E-state index is -1.28. The average Bonchev–Trinajstić information content (AvgIpc) is 2.54. The molecule has 0 aliphatic carbocycles. The molecule has 26 heavy (non-hydrogen) atoms. The number of amides is 1. The summed E-state index contributed by atoms with van der Waals surface area (Å²) in [5.41, 5.74) is 2.58. The van der Waals surface area contributed by atoms with Gasteiger partial charge in [0.15, 0.2) is 11.6 Å². The Hall–Kier alpha value is -2.25. The molecule has 0 atom stereocenters. The second kappa shape index (κ2) is 7.55. The van der Waals surface area contributed by atoms with Crippen LogP contribution in [0.25, 0.3) is 0 Å². The Balaban J connectivity index is 2.46. The first kappa shape index (κ1) is 20.1. The second-order valence-electron chi connectivity index (χ2n) is 6.86. The van der Waals surface area contributed by atoms with Crippen LogP contribution in [-0.4, -0.2) is 16.5 Å². The van der Waals surface area contributed by atoms with Crippen molar-refractivity contribution in [3.8, 4) is 0 Å². The molecule has 0 fully saturated rings. The van der Waals surface area contributed by atoms with Crippen molar-refractivity contribution in [3.63, 3.8) is 0 Å². The summed E-state index contributed by atoms with van der Waals surface area (Å²) in [7, 11) is 0. The van der Waals surface area contributed by atoms with Gasteiger partial charge in [0, 0.05) is 6.20 Å². The Bertz CT molecular complexity index is 851. The van der Waals surface area contributed by atoms with Crippen LogP contribution in [0.15, 0.2) is 18.3 Å². The van der Waals surface area contributed by atoms with E-state index in [-0.39, 0.29) is 11.3 Å². The van der Waals surface area contributed by atoms with Crippen LogP contribution in [0.1, 0.15) is 42.3 Å². The first-order valence-corrected chi connectivity index (χ1v) is 8.23. The van der Waals surface area contributed by atoms with E-state index in [1.807, 2.05) is 13.0 Å².